The largest absolute Gasteiger partial charge is 0.339 e. The van der Waals surface area contributed by atoms with Gasteiger partial charge < -0.3 is 9.84 Å². The van der Waals surface area contributed by atoms with Crippen LogP contribution in [0.4, 0.5) is 5.69 Å². The van der Waals surface area contributed by atoms with Crippen molar-refractivity contribution in [2.45, 2.75) is 56.3 Å². The number of aromatic nitrogens is 2. The van der Waals surface area contributed by atoms with E-state index in [0.717, 1.165) is 24.0 Å². The molecule has 1 aromatic heterocycles. The Morgan fingerprint density at radius 3 is 2.60 bits per heavy atom. The quantitative estimate of drug-likeness (QED) is 0.531. The van der Waals surface area contributed by atoms with Crippen LogP contribution in [0.15, 0.2) is 57.9 Å². The number of hydrogen-bond donors (Lipinski definition) is 1. The molecule has 9 heteroatoms. The van der Waals surface area contributed by atoms with Crippen LogP contribution in [0.5, 0.6) is 0 Å². The lowest BCUT2D eigenvalue weighted by molar-refractivity contribution is -0.120. The van der Waals surface area contributed by atoms with Crippen LogP contribution in [0.1, 0.15) is 55.9 Å². The summed E-state index contributed by atoms with van der Waals surface area (Å²) in [6.45, 7) is 2.49. The molecule has 1 N–H and O–H groups in total. The highest BCUT2D eigenvalue weighted by atomic mass is 32.2. The van der Waals surface area contributed by atoms with E-state index >= 15 is 0 Å². The number of rotatable bonds is 6. The molecule has 2 aromatic carbocycles. The van der Waals surface area contributed by atoms with Gasteiger partial charge in [-0.1, -0.05) is 47.8 Å². The van der Waals surface area contributed by atoms with Gasteiger partial charge in [0.2, 0.25) is 27.6 Å². The van der Waals surface area contributed by atoms with Crippen molar-refractivity contribution in [2.75, 3.05) is 18.4 Å². The Kier molecular flexibility index (Phi) is 6.71. The number of amides is 1. The first-order valence-electron chi connectivity index (χ1n) is 12.2. The van der Waals surface area contributed by atoms with Crippen molar-refractivity contribution in [1.29, 1.82) is 0 Å². The van der Waals surface area contributed by atoms with Gasteiger partial charge >= 0.3 is 0 Å². The summed E-state index contributed by atoms with van der Waals surface area (Å²) >= 11 is 0. The van der Waals surface area contributed by atoms with Crippen molar-refractivity contribution in [2.24, 2.45) is 5.92 Å². The van der Waals surface area contributed by atoms with Crippen LogP contribution in [0.25, 0.3) is 11.4 Å². The number of nitrogens with zero attached hydrogens (tertiary/aromatic N) is 3. The number of aryl methyl sites for hydroxylation is 1. The molecule has 1 saturated heterocycles. The Balaban J connectivity index is 1.26. The van der Waals surface area contributed by atoms with Gasteiger partial charge in [-0.2, -0.15) is 9.29 Å². The molecule has 0 unspecified atom stereocenters. The van der Waals surface area contributed by atoms with E-state index in [4.69, 9.17) is 4.52 Å². The minimum Gasteiger partial charge on any atom is -0.339 e. The molecule has 1 amide bonds. The maximum Gasteiger partial charge on any atom is 0.243 e. The fourth-order valence-corrected chi connectivity index (χ4v) is 6.43. The summed E-state index contributed by atoms with van der Waals surface area (Å²) in [4.78, 5) is 17.9. The summed E-state index contributed by atoms with van der Waals surface area (Å²) in [5.74, 6) is 0.919. The van der Waals surface area contributed by atoms with Crippen molar-refractivity contribution in [3.05, 3.63) is 60.0 Å². The molecule has 5 rings (SSSR count). The molecular weight excluding hydrogens is 464 g/mol. The van der Waals surface area contributed by atoms with Gasteiger partial charge in [-0.3, -0.25) is 4.79 Å². The molecule has 35 heavy (non-hydrogen) atoms. The predicted molar refractivity (Wildman–Crippen MR) is 132 cm³/mol. The van der Waals surface area contributed by atoms with E-state index < -0.39 is 15.9 Å². The summed E-state index contributed by atoms with van der Waals surface area (Å²) in [7, 11) is -3.64. The smallest absolute Gasteiger partial charge is 0.243 e. The molecule has 0 bridgehead atoms. The summed E-state index contributed by atoms with van der Waals surface area (Å²) in [5.41, 5.74) is 2.39. The third kappa shape index (κ3) is 5.16. The molecule has 0 spiro atoms. The fourth-order valence-electron chi connectivity index (χ4n) is 4.91. The topological polar surface area (TPSA) is 105 Å². The van der Waals surface area contributed by atoms with Crippen molar-refractivity contribution < 1.29 is 17.7 Å². The Morgan fingerprint density at radius 2 is 1.83 bits per heavy atom. The van der Waals surface area contributed by atoms with Gasteiger partial charge in [0.1, 0.15) is 0 Å². The van der Waals surface area contributed by atoms with Crippen LogP contribution in [0, 0.1) is 12.8 Å². The summed E-state index contributed by atoms with van der Waals surface area (Å²) < 4.78 is 33.1. The molecule has 1 aliphatic carbocycles. The molecule has 1 saturated carbocycles. The van der Waals surface area contributed by atoms with E-state index in [1.54, 1.807) is 24.3 Å². The molecule has 184 valence electrons. The number of carbonyl (C=O) groups is 1. The first kappa shape index (κ1) is 23.7. The molecular formula is C26H30N4O4S. The number of nitrogens with one attached hydrogen (secondary N) is 1. The summed E-state index contributed by atoms with van der Waals surface area (Å²) in [6, 6.07) is 14.2. The first-order chi connectivity index (χ1) is 16.9. The molecule has 8 nitrogen and oxygen atoms in total. The fraction of sp³-hybridized carbons (Fsp3) is 0.423. The molecule has 0 radical (unpaired) electrons. The Hall–Kier alpha value is -3.04. The van der Waals surface area contributed by atoms with Gasteiger partial charge in [0.15, 0.2) is 0 Å². The molecule has 2 fully saturated rings. The zero-order valence-corrected chi connectivity index (χ0v) is 20.6. The highest BCUT2D eigenvalue weighted by Crippen LogP contribution is 2.34. The first-order valence-corrected chi connectivity index (χ1v) is 13.7. The van der Waals surface area contributed by atoms with E-state index in [2.05, 4.69) is 15.5 Å². The Morgan fingerprint density at radius 1 is 1.06 bits per heavy atom. The number of anilines is 1. The van der Waals surface area contributed by atoms with E-state index in [1.807, 2.05) is 31.2 Å². The van der Waals surface area contributed by atoms with Crippen molar-refractivity contribution >= 4 is 21.6 Å². The second kappa shape index (κ2) is 9.91. The third-order valence-corrected chi connectivity index (χ3v) is 8.83. The zero-order chi connectivity index (χ0) is 24.4. The van der Waals surface area contributed by atoms with Crippen LogP contribution < -0.4 is 5.32 Å². The van der Waals surface area contributed by atoms with Crippen molar-refractivity contribution in [1.82, 2.24) is 14.4 Å². The average Bonchev–Trinajstić information content (AvgIpc) is 3.57. The number of carbonyl (C=O) groups excluding carboxylic acids is 1. The lowest BCUT2D eigenvalue weighted by Crippen LogP contribution is -2.43. The van der Waals surface area contributed by atoms with Crippen LogP contribution in [0.3, 0.4) is 0 Å². The predicted octanol–water partition coefficient (Wildman–Crippen LogP) is 4.74. The van der Waals surface area contributed by atoms with Gasteiger partial charge in [0.05, 0.1) is 10.8 Å². The van der Waals surface area contributed by atoms with Crippen LogP contribution in [-0.2, 0) is 14.8 Å². The Labute approximate surface area is 205 Å². The van der Waals surface area contributed by atoms with E-state index in [0.29, 0.717) is 42.7 Å². The minimum atomic E-state index is -3.64. The molecule has 1 aliphatic heterocycles. The summed E-state index contributed by atoms with van der Waals surface area (Å²) in [5, 5.41) is 7.10. The van der Waals surface area contributed by atoms with E-state index in [9.17, 15) is 13.2 Å². The van der Waals surface area contributed by atoms with Crippen LogP contribution in [0.2, 0.25) is 0 Å². The van der Waals surface area contributed by atoms with Crippen LogP contribution in [-0.4, -0.2) is 41.9 Å². The molecule has 2 aliphatic rings. The molecule has 3 aromatic rings. The molecule has 2 heterocycles. The summed E-state index contributed by atoms with van der Waals surface area (Å²) in [6.07, 6.45) is 5.81. The molecule has 1 atom stereocenters. The number of sulfonamides is 1. The van der Waals surface area contributed by atoms with E-state index in [-0.39, 0.29) is 17.3 Å². The lowest BCUT2D eigenvalue weighted by atomic mass is 9.98. The van der Waals surface area contributed by atoms with Gasteiger partial charge in [0.25, 0.3) is 0 Å². The standard InChI is InChI=1S/C26H30N4O4S/c1-18-11-13-23(14-12-18)35(32,33)30-15-5-9-21(17-30)25(31)27-22-10-4-8-20(16-22)24-28-26(34-29-24)19-6-2-3-7-19/h4,8,10-14,16,19,21H,2-3,5-7,9,15,17H2,1H3,(H,27,31)/t21-/m1/s1. The average molecular weight is 495 g/mol. The second-order valence-corrected chi connectivity index (χ2v) is 11.5. The van der Waals surface area contributed by atoms with Crippen molar-refractivity contribution in [3.8, 4) is 11.4 Å². The minimum absolute atomic E-state index is 0.164. The van der Waals surface area contributed by atoms with Crippen molar-refractivity contribution in [3.63, 3.8) is 0 Å². The Bertz CT molecular complexity index is 1300. The highest BCUT2D eigenvalue weighted by Gasteiger charge is 2.33. The number of piperidine rings is 1. The maximum atomic E-state index is 13.1. The van der Waals surface area contributed by atoms with E-state index in [1.165, 1.54) is 17.1 Å². The number of hydrogen-bond acceptors (Lipinski definition) is 6. The maximum absolute atomic E-state index is 13.1. The number of benzene rings is 2. The second-order valence-electron chi connectivity index (χ2n) is 9.52. The SMILES string of the molecule is Cc1ccc(S(=O)(=O)N2CCC[C@@H](C(=O)Nc3cccc(-c4noc(C5CCCC5)n4)c3)C2)cc1. The third-order valence-electron chi connectivity index (χ3n) is 6.95. The lowest BCUT2D eigenvalue weighted by Gasteiger charge is -2.31. The highest BCUT2D eigenvalue weighted by molar-refractivity contribution is 7.89. The monoisotopic (exact) mass is 494 g/mol. The van der Waals surface area contributed by atoms with Gasteiger partial charge in [0, 0.05) is 30.3 Å². The normalized spacial score (nSPS) is 19.6. The van der Waals surface area contributed by atoms with Crippen LogP contribution >= 0.6 is 0 Å². The van der Waals surface area contributed by atoms with Gasteiger partial charge in [-0.25, -0.2) is 8.42 Å². The zero-order valence-electron chi connectivity index (χ0n) is 19.8. The van der Waals surface area contributed by atoms with Gasteiger partial charge in [-0.15, -0.1) is 0 Å². The van der Waals surface area contributed by atoms with Gasteiger partial charge in [-0.05, 0) is 56.9 Å².